The molecule has 23 heavy (non-hydrogen) atoms. The van der Waals surface area contributed by atoms with Gasteiger partial charge in [0.2, 0.25) is 0 Å². The van der Waals surface area contributed by atoms with Gasteiger partial charge in [0, 0.05) is 12.8 Å². The Labute approximate surface area is 142 Å². The fourth-order valence-corrected chi connectivity index (χ4v) is 2.17. The molecule has 1 unspecified atom stereocenters. The molecule has 0 fully saturated rings. The summed E-state index contributed by atoms with van der Waals surface area (Å²) in [6.45, 7) is 7.46. The van der Waals surface area contributed by atoms with Gasteiger partial charge in [-0.1, -0.05) is 59.3 Å². The number of rotatable bonds is 15. The summed E-state index contributed by atoms with van der Waals surface area (Å²) in [4.78, 5) is 23.0. The van der Waals surface area contributed by atoms with Crippen LogP contribution in [0.4, 0.5) is 0 Å². The molecule has 0 aliphatic carbocycles. The van der Waals surface area contributed by atoms with Crippen LogP contribution in [0.3, 0.4) is 0 Å². The Hall–Kier alpha value is -1.06. The van der Waals surface area contributed by atoms with E-state index in [9.17, 15) is 9.59 Å². The number of unbranched alkanes of at least 4 members (excludes halogenated alkanes) is 5. The lowest BCUT2D eigenvalue weighted by atomic mass is 10.1. The van der Waals surface area contributed by atoms with E-state index >= 15 is 0 Å². The summed E-state index contributed by atoms with van der Waals surface area (Å²) in [5.74, 6) is 0.169. The van der Waals surface area contributed by atoms with E-state index in [0.717, 1.165) is 25.7 Å². The third-order valence-corrected chi connectivity index (χ3v) is 4.09. The average Bonchev–Trinajstić information content (AvgIpc) is 2.53. The van der Waals surface area contributed by atoms with Crippen molar-refractivity contribution in [2.24, 2.45) is 5.92 Å². The summed E-state index contributed by atoms with van der Waals surface area (Å²) in [6.07, 6.45) is 10.2. The van der Waals surface area contributed by atoms with Gasteiger partial charge in [0.25, 0.3) is 0 Å². The molecule has 0 heterocycles. The molecule has 1 atom stereocenters. The number of hydrogen-bond donors (Lipinski definition) is 0. The van der Waals surface area contributed by atoms with Gasteiger partial charge in [0.05, 0.1) is 13.2 Å². The Bertz CT molecular complexity index is 302. The van der Waals surface area contributed by atoms with Gasteiger partial charge in [-0.3, -0.25) is 9.59 Å². The zero-order valence-corrected chi connectivity index (χ0v) is 15.4. The van der Waals surface area contributed by atoms with Gasteiger partial charge in [-0.05, 0) is 25.2 Å². The molecule has 0 aliphatic heterocycles. The molecule has 0 spiro atoms. The first-order valence-corrected chi connectivity index (χ1v) is 9.41. The van der Waals surface area contributed by atoms with Gasteiger partial charge in [-0.2, -0.15) is 0 Å². The van der Waals surface area contributed by atoms with Crippen LogP contribution < -0.4 is 0 Å². The summed E-state index contributed by atoms with van der Waals surface area (Å²) in [5.41, 5.74) is 0. The van der Waals surface area contributed by atoms with Crippen LogP contribution in [0.2, 0.25) is 0 Å². The van der Waals surface area contributed by atoms with E-state index < -0.39 is 0 Å². The van der Waals surface area contributed by atoms with E-state index in [1.165, 1.54) is 25.7 Å². The Morgan fingerprint density at radius 2 is 1.35 bits per heavy atom. The van der Waals surface area contributed by atoms with E-state index in [0.29, 0.717) is 38.4 Å². The summed E-state index contributed by atoms with van der Waals surface area (Å²) in [5, 5.41) is 0. The zero-order valence-electron chi connectivity index (χ0n) is 15.4. The lowest BCUT2D eigenvalue weighted by Crippen LogP contribution is -2.10. The van der Waals surface area contributed by atoms with Gasteiger partial charge in [0.1, 0.15) is 0 Å². The van der Waals surface area contributed by atoms with E-state index in [1.54, 1.807) is 0 Å². The minimum absolute atomic E-state index is 0.203. The standard InChI is InChI=1S/C19H36O4/c1-4-6-7-8-9-10-15-22-18(20)12-11-13-19(21)23-16-14-17(3)5-2/h17H,4-16H2,1-3H3. The summed E-state index contributed by atoms with van der Waals surface area (Å²) >= 11 is 0. The molecule has 4 nitrogen and oxygen atoms in total. The van der Waals surface area contributed by atoms with Crippen LogP contribution in [0, 0.1) is 5.92 Å². The second-order valence-corrected chi connectivity index (χ2v) is 6.36. The van der Waals surface area contributed by atoms with Crippen molar-refractivity contribution in [2.75, 3.05) is 13.2 Å². The quantitative estimate of drug-likeness (QED) is 0.312. The fourth-order valence-electron chi connectivity index (χ4n) is 2.17. The molecule has 0 saturated heterocycles. The molecule has 0 radical (unpaired) electrons. The molecule has 4 heteroatoms. The topological polar surface area (TPSA) is 52.6 Å². The molecule has 136 valence electrons. The summed E-state index contributed by atoms with van der Waals surface area (Å²) < 4.78 is 10.3. The average molecular weight is 328 g/mol. The highest BCUT2D eigenvalue weighted by Crippen LogP contribution is 2.08. The van der Waals surface area contributed by atoms with E-state index in [-0.39, 0.29) is 11.9 Å². The number of hydrogen-bond acceptors (Lipinski definition) is 4. The van der Waals surface area contributed by atoms with Crippen LogP contribution >= 0.6 is 0 Å². The molecule has 0 bridgehead atoms. The maximum absolute atomic E-state index is 11.5. The highest BCUT2D eigenvalue weighted by atomic mass is 16.5. The first kappa shape index (κ1) is 21.9. The highest BCUT2D eigenvalue weighted by molar-refractivity contribution is 5.72. The summed E-state index contributed by atoms with van der Waals surface area (Å²) in [6, 6.07) is 0. The molecule has 0 aromatic carbocycles. The van der Waals surface area contributed by atoms with Crippen molar-refractivity contribution < 1.29 is 19.1 Å². The molecule has 0 aromatic heterocycles. The fraction of sp³-hybridized carbons (Fsp3) is 0.895. The predicted octanol–water partition coefficient (Wildman–Crippen LogP) is 5.04. The molecule has 0 rings (SSSR count). The summed E-state index contributed by atoms with van der Waals surface area (Å²) in [7, 11) is 0. The third-order valence-electron chi connectivity index (χ3n) is 4.09. The van der Waals surface area contributed by atoms with Crippen LogP contribution in [0.1, 0.15) is 91.4 Å². The van der Waals surface area contributed by atoms with Crippen molar-refractivity contribution in [1.29, 1.82) is 0 Å². The number of carbonyl (C=O) groups is 2. The molecular formula is C19H36O4. The van der Waals surface area contributed by atoms with Crippen molar-refractivity contribution in [2.45, 2.75) is 91.4 Å². The molecule has 0 aromatic rings. The number of esters is 2. The smallest absolute Gasteiger partial charge is 0.305 e. The maximum Gasteiger partial charge on any atom is 0.305 e. The van der Waals surface area contributed by atoms with Crippen LogP contribution in [-0.2, 0) is 19.1 Å². The van der Waals surface area contributed by atoms with Gasteiger partial charge >= 0.3 is 11.9 Å². The maximum atomic E-state index is 11.5. The van der Waals surface area contributed by atoms with Crippen molar-refractivity contribution >= 4 is 11.9 Å². The van der Waals surface area contributed by atoms with Crippen molar-refractivity contribution in [3.63, 3.8) is 0 Å². The van der Waals surface area contributed by atoms with Crippen molar-refractivity contribution in [1.82, 2.24) is 0 Å². The second kappa shape index (κ2) is 15.8. The van der Waals surface area contributed by atoms with Crippen LogP contribution in [-0.4, -0.2) is 25.2 Å². The van der Waals surface area contributed by atoms with E-state index in [4.69, 9.17) is 9.47 Å². The van der Waals surface area contributed by atoms with Crippen LogP contribution in [0.5, 0.6) is 0 Å². The van der Waals surface area contributed by atoms with Crippen molar-refractivity contribution in [3.8, 4) is 0 Å². The van der Waals surface area contributed by atoms with Crippen LogP contribution in [0.15, 0.2) is 0 Å². The van der Waals surface area contributed by atoms with Gasteiger partial charge < -0.3 is 9.47 Å². The van der Waals surface area contributed by atoms with E-state index in [1.807, 2.05) is 0 Å². The number of ether oxygens (including phenoxy) is 2. The SMILES string of the molecule is CCCCCCCCOC(=O)CCCC(=O)OCCC(C)CC. The second-order valence-electron chi connectivity index (χ2n) is 6.36. The Morgan fingerprint density at radius 3 is 1.96 bits per heavy atom. The largest absolute Gasteiger partial charge is 0.466 e. The van der Waals surface area contributed by atoms with E-state index in [2.05, 4.69) is 20.8 Å². The minimum atomic E-state index is -0.211. The molecule has 0 aliphatic rings. The number of carbonyl (C=O) groups excluding carboxylic acids is 2. The monoisotopic (exact) mass is 328 g/mol. The predicted molar refractivity (Wildman–Crippen MR) is 93.2 cm³/mol. The minimum Gasteiger partial charge on any atom is -0.466 e. The first-order chi connectivity index (χ1) is 11.1. The van der Waals surface area contributed by atoms with Gasteiger partial charge in [0.15, 0.2) is 0 Å². The lowest BCUT2D eigenvalue weighted by molar-refractivity contribution is -0.145. The normalized spacial score (nSPS) is 12.0. The third kappa shape index (κ3) is 15.6. The molecule has 0 amide bonds. The Balaban J connectivity index is 3.40. The van der Waals surface area contributed by atoms with Gasteiger partial charge in [-0.25, -0.2) is 0 Å². The van der Waals surface area contributed by atoms with Gasteiger partial charge in [-0.15, -0.1) is 0 Å². The molecule has 0 N–H and O–H groups in total. The lowest BCUT2D eigenvalue weighted by Gasteiger charge is -2.09. The highest BCUT2D eigenvalue weighted by Gasteiger charge is 2.08. The van der Waals surface area contributed by atoms with Crippen molar-refractivity contribution in [3.05, 3.63) is 0 Å². The Morgan fingerprint density at radius 1 is 0.783 bits per heavy atom. The Kier molecular flexibility index (Phi) is 15.1. The zero-order chi connectivity index (χ0) is 17.3. The van der Waals surface area contributed by atoms with Crippen LogP contribution in [0.25, 0.3) is 0 Å². The molecule has 0 saturated carbocycles. The molecular weight excluding hydrogens is 292 g/mol. The first-order valence-electron chi connectivity index (χ1n) is 9.41.